The summed E-state index contributed by atoms with van der Waals surface area (Å²) in [4.78, 5) is 0. The molecule has 5 nitrogen and oxygen atoms in total. The predicted octanol–water partition coefficient (Wildman–Crippen LogP) is 0.556. The molecule has 2 unspecified atom stereocenters. The molecule has 0 aliphatic heterocycles. The van der Waals surface area contributed by atoms with E-state index in [1.807, 2.05) is 20.8 Å². The normalized spacial score (nSPS) is 15.7. The molecule has 0 aliphatic carbocycles. The highest BCUT2D eigenvalue weighted by Crippen LogP contribution is 2.19. The van der Waals surface area contributed by atoms with Crippen molar-refractivity contribution in [2.24, 2.45) is 0 Å². The summed E-state index contributed by atoms with van der Waals surface area (Å²) >= 11 is 0. The van der Waals surface area contributed by atoms with E-state index in [1.165, 1.54) is 6.20 Å². The molecule has 0 aliphatic rings. The van der Waals surface area contributed by atoms with E-state index in [4.69, 9.17) is 10.4 Å². The lowest BCUT2D eigenvalue weighted by Crippen LogP contribution is -2.22. The van der Waals surface area contributed by atoms with E-state index in [0.29, 0.717) is 5.56 Å². The molecule has 2 atom stereocenters. The summed E-state index contributed by atoms with van der Waals surface area (Å²) in [6, 6.07) is 1.58. The zero-order valence-electron chi connectivity index (χ0n) is 9.05. The third-order valence-electron chi connectivity index (χ3n) is 2.06. The number of hydrogen-bond acceptors (Lipinski definition) is 4. The Balaban J connectivity index is 2.91. The van der Waals surface area contributed by atoms with E-state index in [2.05, 4.69) is 5.10 Å². The monoisotopic (exact) mass is 209 g/mol. The molecule has 0 amide bonds. The molecule has 1 rings (SSSR count). The third-order valence-corrected chi connectivity index (χ3v) is 2.06. The molecule has 1 heterocycles. The van der Waals surface area contributed by atoms with Gasteiger partial charge in [-0.05, 0) is 20.8 Å². The highest BCUT2D eigenvalue weighted by molar-refractivity contribution is 5.13. The Labute approximate surface area is 88.6 Å². The number of aliphatic hydroxyl groups excluding tert-OH is 2. The maximum Gasteiger partial charge on any atom is 0.170 e. The van der Waals surface area contributed by atoms with Gasteiger partial charge in [0.2, 0.25) is 0 Å². The van der Waals surface area contributed by atoms with Gasteiger partial charge in [0, 0.05) is 11.8 Å². The number of aromatic nitrogens is 2. The van der Waals surface area contributed by atoms with Crippen LogP contribution in [-0.4, -0.2) is 26.1 Å². The Kier molecular flexibility index (Phi) is 3.12. The van der Waals surface area contributed by atoms with Crippen molar-refractivity contribution in [3.8, 4) is 6.07 Å². The van der Waals surface area contributed by atoms with E-state index in [9.17, 15) is 5.11 Å². The van der Waals surface area contributed by atoms with Gasteiger partial charge in [-0.15, -0.1) is 0 Å². The van der Waals surface area contributed by atoms with Crippen molar-refractivity contribution in [3.05, 3.63) is 18.0 Å². The van der Waals surface area contributed by atoms with Crippen LogP contribution in [-0.2, 0) is 5.54 Å². The van der Waals surface area contributed by atoms with Crippen LogP contribution in [0.5, 0.6) is 0 Å². The Morgan fingerprint density at radius 2 is 2.07 bits per heavy atom. The van der Waals surface area contributed by atoms with Crippen LogP contribution in [0.3, 0.4) is 0 Å². The number of aliphatic hydroxyl groups is 2. The average molecular weight is 209 g/mol. The van der Waals surface area contributed by atoms with E-state index < -0.39 is 12.2 Å². The first-order valence-electron chi connectivity index (χ1n) is 4.67. The Morgan fingerprint density at radius 3 is 2.47 bits per heavy atom. The molecular weight excluding hydrogens is 194 g/mol. The van der Waals surface area contributed by atoms with Crippen LogP contribution in [0, 0.1) is 11.3 Å². The van der Waals surface area contributed by atoms with Gasteiger partial charge in [0.1, 0.15) is 6.10 Å². The lowest BCUT2D eigenvalue weighted by atomic mass is 10.1. The Morgan fingerprint density at radius 1 is 1.47 bits per heavy atom. The van der Waals surface area contributed by atoms with Crippen LogP contribution >= 0.6 is 0 Å². The molecule has 0 spiro atoms. The molecule has 82 valence electrons. The molecule has 0 saturated carbocycles. The largest absolute Gasteiger partial charge is 0.384 e. The van der Waals surface area contributed by atoms with Gasteiger partial charge in [0.05, 0.1) is 17.8 Å². The highest BCUT2D eigenvalue weighted by atomic mass is 16.3. The lowest BCUT2D eigenvalue weighted by Gasteiger charge is -2.19. The van der Waals surface area contributed by atoms with Crippen LogP contribution in [0.1, 0.15) is 32.4 Å². The molecule has 1 aromatic rings. The van der Waals surface area contributed by atoms with Crippen LogP contribution in [0.2, 0.25) is 0 Å². The number of rotatable bonds is 2. The topological polar surface area (TPSA) is 82.1 Å². The molecule has 2 N–H and O–H groups in total. The predicted molar refractivity (Wildman–Crippen MR) is 53.8 cm³/mol. The first-order chi connectivity index (χ1) is 6.86. The molecule has 0 radical (unpaired) electrons. The van der Waals surface area contributed by atoms with Crippen molar-refractivity contribution in [1.82, 2.24) is 9.78 Å². The summed E-state index contributed by atoms with van der Waals surface area (Å²) < 4.78 is 1.68. The zero-order chi connectivity index (χ0) is 11.6. The summed E-state index contributed by atoms with van der Waals surface area (Å²) in [7, 11) is 0. The quantitative estimate of drug-likeness (QED) is 0.697. The van der Waals surface area contributed by atoms with Crippen molar-refractivity contribution in [2.75, 3.05) is 0 Å². The van der Waals surface area contributed by atoms with E-state index in [-0.39, 0.29) is 5.54 Å². The van der Waals surface area contributed by atoms with Crippen molar-refractivity contribution in [2.45, 2.75) is 38.5 Å². The molecule has 5 heteroatoms. The summed E-state index contributed by atoms with van der Waals surface area (Å²) in [6.07, 6.45) is 0.468. The van der Waals surface area contributed by atoms with Crippen LogP contribution in [0.25, 0.3) is 0 Å². The van der Waals surface area contributed by atoms with Crippen LogP contribution in [0.4, 0.5) is 0 Å². The maximum absolute atomic E-state index is 9.54. The van der Waals surface area contributed by atoms with Gasteiger partial charge in [0.15, 0.2) is 6.10 Å². The average Bonchev–Trinajstić information content (AvgIpc) is 2.63. The molecule has 0 aromatic carbocycles. The molecular formula is C10H15N3O2. The number of nitrogens with zero attached hydrogens (tertiary/aromatic N) is 3. The Hall–Kier alpha value is -1.38. The number of hydrogen-bond donors (Lipinski definition) is 2. The van der Waals surface area contributed by atoms with Crippen molar-refractivity contribution >= 4 is 0 Å². The van der Waals surface area contributed by atoms with Gasteiger partial charge < -0.3 is 10.2 Å². The highest BCUT2D eigenvalue weighted by Gasteiger charge is 2.21. The summed E-state index contributed by atoms with van der Waals surface area (Å²) in [5.74, 6) is 0. The SMILES string of the molecule is CC(C)(C)n1cc(C(O)C(O)C#N)cn1. The molecule has 0 saturated heterocycles. The van der Waals surface area contributed by atoms with E-state index in [1.54, 1.807) is 16.9 Å². The summed E-state index contributed by atoms with van der Waals surface area (Å²) in [5, 5.41) is 31.2. The summed E-state index contributed by atoms with van der Waals surface area (Å²) in [5.41, 5.74) is 0.259. The van der Waals surface area contributed by atoms with Gasteiger partial charge in [0.25, 0.3) is 0 Å². The minimum Gasteiger partial charge on any atom is -0.384 e. The fraction of sp³-hybridized carbons (Fsp3) is 0.600. The Bertz CT molecular complexity index is 373. The molecule has 15 heavy (non-hydrogen) atoms. The minimum absolute atomic E-state index is 0.185. The second-order valence-electron chi connectivity index (χ2n) is 4.41. The first kappa shape index (κ1) is 11.7. The van der Waals surface area contributed by atoms with Crippen molar-refractivity contribution < 1.29 is 10.2 Å². The molecule has 0 bridgehead atoms. The second kappa shape index (κ2) is 4.01. The fourth-order valence-corrected chi connectivity index (χ4v) is 1.11. The first-order valence-corrected chi connectivity index (χ1v) is 4.67. The van der Waals surface area contributed by atoms with E-state index in [0.717, 1.165) is 0 Å². The van der Waals surface area contributed by atoms with Crippen molar-refractivity contribution in [3.63, 3.8) is 0 Å². The molecule has 0 fully saturated rings. The second-order valence-corrected chi connectivity index (χ2v) is 4.41. The fourth-order valence-electron chi connectivity index (χ4n) is 1.11. The van der Waals surface area contributed by atoms with Crippen LogP contribution < -0.4 is 0 Å². The van der Waals surface area contributed by atoms with Gasteiger partial charge in [-0.3, -0.25) is 4.68 Å². The number of nitriles is 1. The standard InChI is InChI=1S/C10H15N3O2/c1-10(2,3)13-6-7(5-12-13)9(15)8(14)4-11/h5-6,8-9,14-15H,1-3H3. The third kappa shape index (κ3) is 2.55. The maximum atomic E-state index is 9.54. The summed E-state index contributed by atoms with van der Waals surface area (Å²) in [6.45, 7) is 5.91. The van der Waals surface area contributed by atoms with Gasteiger partial charge in [-0.25, -0.2) is 0 Å². The van der Waals surface area contributed by atoms with Crippen molar-refractivity contribution in [1.29, 1.82) is 5.26 Å². The van der Waals surface area contributed by atoms with Gasteiger partial charge in [-0.1, -0.05) is 0 Å². The minimum atomic E-state index is -1.41. The van der Waals surface area contributed by atoms with Gasteiger partial charge >= 0.3 is 0 Å². The smallest absolute Gasteiger partial charge is 0.170 e. The molecule has 1 aromatic heterocycles. The lowest BCUT2D eigenvalue weighted by molar-refractivity contribution is 0.0526. The van der Waals surface area contributed by atoms with Gasteiger partial charge in [-0.2, -0.15) is 10.4 Å². The van der Waals surface area contributed by atoms with E-state index >= 15 is 0 Å². The zero-order valence-corrected chi connectivity index (χ0v) is 9.05. The van der Waals surface area contributed by atoms with Crippen LogP contribution in [0.15, 0.2) is 12.4 Å².